The van der Waals surface area contributed by atoms with Crippen LogP contribution in [0.5, 0.6) is 0 Å². The number of carbonyl (C=O) groups excluding carboxylic acids is 1. The highest BCUT2D eigenvalue weighted by Gasteiger charge is 2.11. The Kier molecular flexibility index (Phi) is 5.42. The molecule has 3 heteroatoms. The maximum absolute atomic E-state index is 12.1. The van der Waals surface area contributed by atoms with E-state index in [1.54, 1.807) is 4.90 Å². The minimum atomic E-state index is 0.0646. The van der Waals surface area contributed by atoms with Crippen molar-refractivity contribution in [3.8, 4) is 0 Å². The molecule has 0 aromatic heterocycles. The van der Waals surface area contributed by atoms with Crippen LogP contribution in [-0.4, -0.2) is 24.4 Å². The Morgan fingerprint density at radius 1 is 1.53 bits per heavy atom. The van der Waals surface area contributed by atoms with Crippen molar-refractivity contribution in [3.63, 3.8) is 0 Å². The van der Waals surface area contributed by atoms with E-state index in [1.807, 2.05) is 38.2 Å². The van der Waals surface area contributed by atoms with Crippen molar-refractivity contribution in [2.75, 3.05) is 13.6 Å². The summed E-state index contributed by atoms with van der Waals surface area (Å²) in [6.45, 7) is 6.44. The number of hydrogen-bond donors (Lipinski definition) is 0. The van der Waals surface area contributed by atoms with Gasteiger partial charge in [-0.3, -0.25) is 4.79 Å². The molecule has 0 aliphatic heterocycles. The normalized spacial score (nSPS) is 10.1. The van der Waals surface area contributed by atoms with Crippen LogP contribution in [0.25, 0.3) is 0 Å². The Bertz CT molecular complexity index is 415. The van der Waals surface area contributed by atoms with Gasteiger partial charge in [-0.15, -0.1) is 6.58 Å². The second kappa shape index (κ2) is 6.60. The number of hydrogen-bond acceptors (Lipinski definition) is 1. The van der Waals surface area contributed by atoms with Crippen LogP contribution in [0.3, 0.4) is 0 Å². The molecule has 1 rings (SSSR count). The number of halogens is 1. The van der Waals surface area contributed by atoms with Gasteiger partial charge in [-0.2, -0.15) is 0 Å². The topological polar surface area (TPSA) is 20.3 Å². The summed E-state index contributed by atoms with van der Waals surface area (Å²) in [5.74, 6) is 0.0646. The Labute approximate surface area is 111 Å². The molecule has 0 heterocycles. The van der Waals surface area contributed by atoms with Gasteiger partial charge in [0.1, 0.15) is 0 Å². The van der Waals surface area contributed by atoms with Crippen LogP contribution in [0.1, 0.15) is 28.8 Å². The molecule has 1 aromatic rings. The maximum Gasteiger partial charge on any atom is 0.253 e. The predicted molar refractivity (Wildman–Crippen MR) is 75.3 cm³/mol. The highest BCUT2D eigenvalue weighted by Crippen LogP contribution is 2.18. The first kappa shape index (κ1) is 14.0. The molecule has 0 N–H and O–H groups in total. The van der Waals surface area contributed by atoms with Crippen LogP contribution in [0.2, 0.25) is 0 Å². The molecule has 0 fully saturated rings. The minimum Gasteiger partial charge on any atom is -0.342 e. The fourth-order valence-electron chi connectivity index (χ4n) is 1.52. The van der Waals surface area contributed by atoms with Crippen LogP contribution in [0, 0.1) is 6.92 Å². The highest BCUT2D eigenvalue weighted by molar-refractivity contribution is 9.10. The van der Waals surface area contributed by atoms with Gasteiger partial charge in [0.2, 0.25) is 0 Å². The third-order valence-electron chi connectivity index (χ3n) is 2.67. The van der Waals surface area contributed by atoms with Gasteiger partial charge in [-0.05, 0) is 37.5 Å². The van der Waals surface area contributed by atoms with Gasteiger partial charge < -0.3 is 4.90 Å². The van der Waals surface area contributed by atoms with Crippen molar-refractivity contribution in [2.45, 2.75) is 19.8 Å². The fraction of sp³-hybridized carbons (Fsp3) is 0.357. The fourth-order valence-corrected chi connectivity index (χ4v) is 1.90. The molecule has 0 aliphatic carbocycles. The van der Waals surface area contributed by atoms with Crippen LogP contribution in [0.4, 0.5) is 0 Å². The van der Waals surface area contributed by atoms with Crippen molar-refractivity contribution in [1.29, 1.82) is 0 Å². The van der Waals surface area contributed by atoms with E-state index in [-0.39, 0.29) is 5.91 Å². The van der Waals surface area contributed by atoms with E-state index in [0.29, 0.717) is 0 Å². The van der Waals surface area contributed by atoms with E-state index >= 15 is 0 Å². The quantitative estimate of drug-likeness (QED) is 0.598. The zero-order valence-electron chi connectivity index (χ0n) is 10.4. The SMILES string of the molecule is C=CCCCN(C)C(=O)c1ccc(C)c(Br)c1. The predicted octanol–water partition coefficient (Wildman–Crippen LogP) is 3.80. The number of unbranched alkanes of at least 4 members (excludes halogenated alkanes) is 1. The first-order valence-electron chi connectivity index (χ1n) is 5.68. The van der Waals surface area contributed by atoms with Crippen LogP contribution in [-0.2, 0) is 0 Å². The molecule has 0 radical (unpaired) electrons. The van der Waals surface area contributed by atoms with E-state index in [9.17, 15) is 4.79 Å². The van der Waals surface area contributed by atoms with Crippen molar-refractivity contribution in [2.24, 2.45) is 0 Å². The van der Waals surface area contributed by atoms with E-state index in [1.165, 1.54) is 0 Å². The number of aryl methyl sites for hydroxylation is 1. The number of allylic oxidation sites excluding steroid dienone is 1. The molecule has 2 nitrogen and oxygen atoms in total. The monoisotopic (exact) mass is 295 g/mol. The molecule has 0 atom stereocenters. The van der Waals surface area contributed by atoms with E-state index < -0.39 is 0 Å². The Morgan fingerprint density at radius 3 is 2.82 bits per heavy atom. The molecule has 0 bridgehead atoms. The standard InChI is InChI=1S/C14H18BrNO/c1-4-5-6-9-16(3)14(17)12-8-7-11(2)13(15)10-12/h4,7-8,10H,1,5-6,9H2,2-3H3. The van der Waals surface area contributed by atoms with Crippen molar-refractivity contribution >= 4 is 21.8 Å². The van der Waals surface area contributed by atoms with E-state index in [2.05, 4.69) is 22.5 Å². The molecule has 1 amide bonds. The molecule has 0 spiro atoms. The summed E-state index contributed by atoms with van der Waals surface area (Å²) in [4.78, 5) is 13.8. The average molecular weight is 296 g/mol. The Morgan fingerprint density at radius 2 is 2.24 bits per heavy atom. The third-order valence-corrected chi connectivity index (χ3v) is 3.52. The van der Waals surface area contributed by atoms with Crippen LogP contribution < -0.4 is 0 Å². The van der Waals surface area contributed by atoms with Crippen molar-refractivity contribution in [3.05, 3.63) is 46.5 Å². The third kappa shape index (κ3) is 4.00. The summed E-state index contributed by atoms with van der Waals surface area (Å²) in [7, 11) is 1.83. The number of benzene rings is 1. The van der Waals surface area contributed by atoms with Gasteiger partial charge in [-0.1, -0.05) is 28.1 Å². The Balaban J connectivity index is 2.68. The van der Waals surface area contributed by atoms with Gasteiger partial charge >= 0.3 is 0 Å². The first-order chi connectivity index (χ1) is 8.06. The molecule has 0 saturated carbocycles. The molecule has 1 aromatic carbocycles. The second-order valence-electron chi connectivity index (χ2n) is 4.12. The van der Waals surface area contributed by atoms with Crippen LogP contribution in [0.15, 0.2) is 35.3 Å². The summed E-state index contributed by atoms with van der Waals surface area (Å²) in [6.07, 6.45) is 3.77. The summed E-state index contributed by atoms with van der Waals surface area (Å²) in [5, 5.41) is 0. The summed E-state index contributed by atoms with van der Waals surface area (Å²) in [6, 6.07) is 5.70. The Hall–Kier alpha value is -1.09. The van der Waals surface area contributed by atoms with E-state index in [0.717, 1.165) is 35.0 Å². The maximum atomic E-state index is 12.1. The highest BCUT2D eigenvalue weighted by atomic mass is 79.9. The van der Waals surface area contributed by atoms with Gasteiger partial charge in [0, 0.05) is 23.6 Å². The lowest BCUT2D eigenvalue weighted by atomic mass is 10.1. The van der Waals surface area contributed by atoms with E-state index in [4.69, 9.17) is 0 Å². The summed E-state index contributed by atoms with van der Waals surface area (Å²) >= 11 is 3.44. The molecule has 92 valence electrons. The number of nitrogens with zero attached hydrogens (tertiary/aromatic N) is 1. The largest absolute Gasteiger partial charge is 0.342 e. The van der Waals surface area contributed by atoms with Crippen molar-refractivity contribution < 1.29 is 4.79 Å². The molecular weight excluding hydrogens is 278 g/mol. The van der Waals surface area contributed by atoms with Crippen molar-refractivity contribution in [1.82, 2.24) is 4.90 Å². The molecule has 0 saturated heterocycles. The summed E-state index contributed by atoms with van der Waals surface area (Å²) < 4.78 is 0.975. The molecule has 0 aliphatic rings. The number of carbonyl (C=O) groups is 1. The molecular formula is C14H18BrNO. The molecule has 17 heavy (non-hydrogen) atoms. The number of rotatable bonds is 5. The summed E-state index contributed by atoms with van der Waals surface area (Å²) in [5.41, 5.74) is 1.86. The lowest BCUT2D eigenvalue weighted by molar-refractivity contribution is 0.0794. The van der Waals surface area contributed by atoms with Crippen LogP contribution >= 0.6 is 15.9 Å². The second-order valence-corrected chi connectivity index (χ2v) is 4.98. The minimum absolute atomic E-state index is 0.0646. The lowest BCUT2D eigenvalue weighted by Crippen LogP contribution is -2.27. The van der Waals surface area contributed by atoms with Gasteiger partial charge in [0.15, 0.2) is 0 Å². The lowest BCUT2D eigenvalue weighted by Gasteiger charge is -2.17. The zero-order valence-corrected chi connectivity index (χ0v) is 12.0. The smallest absolute Gasteiger partial charge is 0.253 e. The number of amides is 1. The first-order valence-corrected chi connectivity index (χ1v) is 6.48. The zero-order chi connectivity index (χ0) is 12.8. The average Bonchev–Trinajstić information content (AvgIpc) is 2.32. The van der Waals surface area contributed by atoms with Gasteiger partial charge in [0.05, 0.1) is 0 Å². The molecule has 0 unspecified atom stereocenters. The van der Waals surface area contributed by atoms with Gasteiger partial charge in [-0.25, -0.2) is 0 Å². The van der Waals surface area contributed by atoms with Gasteiger partial charge in [0.25, 0.3) is 5.91 Å².